The zero-order valence-electron chi connectivity index (χ0n) is 44.1. The molecule has 244 valence electrons. The minimum atomic E-state index is -0.878. The molecule has 10 aromatic rings. The summed E-state index contributed by atoms with van der Waals surface area (Å²) in [7, 11) is 0. The van der Waals surface area contributed by atoms with Gasteiger partial charge >= 0.3 is 0 Å². The monoisotopic (exact) mass is 680 g/mol. The van der Waals surface area contributed by atoms with Gasteiger partial charge in [-0.05, 0) is 98.0 Å². The van der Waals surface area contributed by atoms with Crippen molar-refractivity contribution in [2.75, 3.05) is 4.90 Å². The number of hydrogen-bond acceptors (Lipinski definition) is 2. The van der Waals surface area contributed by atoms with Gasteiger partial charge in [0.05, 0.1) is 34.4 Å². The number of hydrogen-bond donors (Lipinski definition) is 0. The first-order chi connectivity index (χ1) is 32.9. The maximum absolute atomic E-state index is 9.87. The summed E-state index contributed by atoms with van der Waals surface area (Å²) >= 11 is 0. The smallest absolute Gasteiger partial charge is 0.143 e. The Morgan fingerprint density at radius 3 is 1.87 bits per heavy atom. The van der Waals surface area contributed by atoms with Crippen molar-refractivity contribution in [1.82, 2.24) is 0 Å². The van der Waals surface area contributed by atoms with Crippen LogP contribution in [0.2, 0.25) is 0 Å². The average molecular weight is 681 g/mol. The summed E-state index contributed by atoms with van der Waals surface area (Å²) in [6, 6.07) is 16.0. The Balaban J connectivity index is 1.29. The van der Waals surface area contributed by atoms with Gasteiger partial charge in [-0.3, -0.25) is 0 Å². The molecule has 52 heavy (non-hydrogen) atoms. The number of fused-ring (bicyclic) bond motifs is 6. The largest absolute Gasteiger partial charge is 0.455 e. The van der Waals surface area contributed by atoms with Gasteiger partial charge in [-0.1, -0.05) is 151 Å². The highest BCUT2D eigenvalue weighted by molar-refractivity contribution is 6.19. The fraction of sp³-hybridized carbons (Fsp3) is 0. The Labute approximate surface area is 326 Å². The molecule has 10 rings (SSSR count). The summed E-state index contributed by atoms with van der Waals surface area (Å²) in [5, 5.41) is 4.18. The summed E-state index contributed by atoms with van der Waals surface area (Å²) in [5.74, 6) is 0. The van der Waals surface area contributed by atoms with E-state index in [0.29, 0.717) is 27.5 Å². The van der Waals surface area contributed by atoms with Gasteiger partial charge in [-0.15, -0.1) is 0 Å². The molecule has 0 unspecified atom stereocenters. The zero-order valence-corrected chi connectivity index (χ0v) is 27.1. The summed E-state index contributed by atoms with van der Waals surface area (Å²) in [6.07, 6.45) is 0. The van der Waals surface area contributed by atoms with Gasteiger partial charge in [-0.2, -0.15) is 0 Å². The molecule has 1 heterocycles. The SMILES string of the molecule is [2H]c1c([2H])c([2H])c(-c2c([2H])c([2H])c(-c3c([2H])c([2H])c(N(c4c([2H])c([2H])c([2H])c(-c5ccc6ccccc6c5)c4[2H])c4cccc5oc6c7ccccc7ccc6c45)c([2H])c3[2H])c([2H])c2[2H])c([2H])c1[2H]. The van der Waals surface area contributed by atoms with Gasteiger partial charge in [0.25, 0.3) is 0 Å². The quantitative estimate of drug-likeness (QED) is 0.174. The fourth-order valence-corrected chi connectivity index (χ4v) is 6.49. The molecule has 0 bridgehead atoms. The van der Waals surface area contributed by atoms with Crippen molar-refractivity contribution in [3.8, 4) is 33.4 Å². The van der Waals surface area contributed by atoms with E-state index in [-0.39, 0.29) is 16.9 Å². The predicted octanol–water partition coefficient (Wildman–Crippen LogP) is 14.4. The minimum Gasteiger partial charge on any atom is -0.455 e. The minimum absolute atomic E-state index is 0.0494. The van der Waals surface area contributed by atoms with E-state index in [9.17, 15) is 9.60 Å². The van der Waals surface area contributed by atoms with Crippen LogP contribution in [0.5, 0.6) is 0 Å². The molecule has 0 aliphatic carbocycles. The normalized spacial score (nSPS) is 16.0. The van der Waals surface area contributed by atoms with Crippen molar-refractivity contribution in [3.63, 3.8) is 0 Å². The lowest BCUT2D eigenvalue weighted by Crippen LogP contribution is -2.10. The number of benzene rings is 9. The number of furan rings is 1. The molecule has 0 N–H and O–H groups in total. The molecule has 0 aliphatic rings. The van der Waals surface area contributed by atoms with Crippen molar-refractivity contribution in [3.05, 3.63) is 200 Å². The topological polar surface area (TPSA) is 16.4 Å². The van der Waals surface area contributed by atoms with Crippen LogP contribution in [0.15, 0.2) is 204 Å². The molecule has 0 saturated carbocycles. The van der Waals surface area contributed by atoms with Crippen molar-refractivity contribution in [2.24, 2.45) is 0 Å². The molecule has 9 aromatic carbocycles. The van der Waals surface area contributed by atoms with Gasteiger partial charge < -0.3 is 9.32 Å². The molecule has 1 aromatic heterocycles. The molecule has 0 aliphatic heterocycles. The predicted molar refractivity (Wildman–Crippen MR) is 220 cm³/mol. The van der Waals surface area contributed by atoms with Crippen LogP contribution in [0.25, 0.3) is 76.9 Å². The van der Waals surface area contributed by atoms with Crippen LogP contribution in [0.4, 0.5) is 17.1 Å². The number of nitrogens with zero attached hydrogens (tertiary/aromatic N) is 1. The van der Waals surface area contributed by atoms with Gasteiger partial charge in [0, 0.05) is 22.1 Å². The lowest BCUT2D eigenvalue weighted by molar-refractivity contribution is 0.672. The number of anilines is 3. The second kappa shape index (κ2) is 12.5. The first kappa shape index (κ1) is 17.4. The molecule has 0 atom stereocenters. The van der Waals surface area contributed by atoms with E-state index in [1.807, 2.05) is 60.7 Å². The summed E-state index contributed by atoms with van der Waals surface area (Å²) in [5.41, 5.74) is -2.24. The van der Waals surface area contributed by atoms with E-state index >= 15 is 0 Å². The second-order valence-electron chi connectivity index (χ2n) is 12.0. The Morgan fingerprint density at radius 2 is 1.08 bits per heavy atom. The lowest BCUT2D eigenvalue weighted by Gasteiger charge is -2.27. The molecule has 0 radical (unpaired) electrons. The molecule has 2 nitrogen and oxygen atoms in total. The highest BCUT2D eigenvalue weighted by atomic mass is 16.3. The molecule has 2 heteroatoms. The van der Waals surface area contributed by atoms with Crippen LogP contribution in [0.3, 0.4) is 0 Å². The van der Waals surface area contributed by atoms with Crippen LogP contribution >= 0.6 is 0 Å². The van der Waals surface area contributed by atoms with Crippen molar-refractivity contribution < 1.29 is 27.7 Å². The molecule has 0 amide bonds. The Hall–Kier alpha value is -6.90. The second-order valence-corrected chi connectivity index (χ2v) is 12.0. The van der Waals surface area contributed by atoms with Crippen molar-refractivity contribution in [2.45, 2.75) is 0 Å². The first-order valence-electron chi connectivity index (χ1n) is 24.9. The van der Waals surface area contributed by atoms with Gasteiger partial charge in [0.2, 0.25) is 0 Å². The molecule has 0 fully saturated rings. The maximum atomic E-state index is 9.87. The van der Waals surface area contributed by atoms with E-state index in [1.165, 1.54) is 4.90 Å². The highest BCUT2D eigenvalue weighted by Crippen LogP contribution is 2.45. The standard InChI is InChI=1S/C50H33NO/c1-2-10-34(11-3-1)36-20-22-37(23-21-36)38-26-29-43(30-27-38)51(44-16-8-15-41(33-44)42-25-24-35-12-4-5-14-40(35)32-42)47-18-9-19-48-49(47)46-31-28-39-13-6-7-17-45(39)50(46)52-48/h1-33H/i1D,2D,3D,8D,10D,11D,15D,16D,20D,21D,22D,23D,26D,27D,29D,30D,33D. The van der Waals surface area contributed by atoms with E-state index in [2.05, 4.69) is 0 Å². The zero-order chi connectivity index (χ0) is 49.2. The van der Waals surface area contributed by atoms with Crippen LogP contribution in [0.1, 0.15) is 23.3 Å². The molecular weight excluding hydrogens is 631 g/mol. The van der Waals surface area contributed by atoms with E-state index in [0.717, 1.165) is 21.5 Å². The van der Waals surface area contributed by atoms with Gasteiger partial charge in [-0.25, -0.2) is 0 Å². The van der Waals surface area contributed by atoms with Crippen molar-refractivity contribution in [1.29, 1.82) is 0 Å². The highest BCUT2D eigenvalue weighted by Gasteiger charge is 2.21. The molecular formula is C50H33NO. The fourth-order valence-electron chi connectivity index (χ4n) is 6.49. The number of rotatable bonds is 6. The van der Waals surface area contributed by atoms with E-state index < -0.39 is 131 Å². The third-order valence-corrected chi connectivity index (χ3v) is 8.94. The summed E-state index contributed by atoms with van der Waals surface area (Å²) < 4.78 is 160. The first-order valence-corrected chi connectivity index (χ1v) is 16.4. The van der Waals surface area contributed by atoms with E-state index in [1.54, 1.807) is 36.4 Å². The third-order valence-electron chi connectivity index (χ3n) is 8.94. The Bertz CT molecular complexity index is 3820. The van der Waals surface area contributed by atoms with Crippen LogP contribution in [-0.4, -0.2) is 0 Å². The summed E-state index contributed by atoms with van der Waals surface area (Å²) in [6.45, 7) is 0. The maximum Gasteiger partial charge on any atom is 0.143 e. The van der Waals surface area contributed by atoms with E-state index in [4.69, 9.17) is 18.1 Å². The average Bonchev–Trinajstić information content (AvgIpc) is 3.75. The van der Waals surface area contributed by atoms with Gasteiger partial charge in [0.15, 0.2) is 0 Å². The van der Waals surface area contributed by atoms with Crippen LogP contribution < -0.4 is 4.90 Å². The lowest BCUT2D eigenvalue weighted by atomic mass is 9.99. The van der Waals surface area contributed by atoms with Crippen LogP contribution in [-0.2, 0) is 0 Å². The van der Waals surface area contributed by atoms with Gasteiger partial charge in [0.1, 0.15) is 11.2 Å². The molecule has 0 spiro atoms. The van der Waals surface area contributed by atoms with Crippen LogP contribution in [0, 0.1) is 0 Å². The summed E-state index contributed by atoms with van der Waals surface area (Å²) in [4.78, 5) is 1.18. The third kappa shape index (κ3) is 5.21. The van der Waals surface area contributed by atoms with Crippen molar-refractivity contribution >= 4 is 60.5 Å². The Kier molecular flexibility index (Phi) is 4.16. The molecule has 0 saturated heterocycles. The Morgan fingerprint density at radius 1 is 0.423 bits per heavy atom.